The van der Waals surface area contributed by atoms with Crippen molar-refractivity contribution in [1.29, 1.82) is 0 Å². The van der Waals surface area contributed by atoms with Crippen molar-refractivity contribution in [3.05, 3.63) is 0 Å². The van der Waals surface area contributed by atoms with Gasteiger partial charge in [-0.2, -0.15) is 41.3 Å². The van der Waals surface area contributed by atoms with Crippen molar-refractivity contribution in [2.24, 2.45) is 0 Å². The lowest BCUT2D eigenvalue weighted by atomic mass is 10.3. The molecule has 1 aliphatic rings. The topological polar surface area (TPSA) is 72.4 Å². The Kier molecular flexibility index (Phi) is 6.31. The van der Waals surface area contributed by atoms with Crippen LogP contribution in [0.2, 0.25) is 0 Å². The summed E-state index contributed by atoms with van der Waals surface area (Å²) in [6.45, 7) is 3.50. The van der Waals surface area contributed by atoms with Gasteiger partial charge >= 0.3 is 18.4 Å². The van der Waals surface area contributed by atoms with Crippen LogP contribution in [0.15, 0.2) is 0 Å². The van der Waals surface area contributed by atoms with Gasteiger partial charge in [0.05, 0.1) is 13.2 Å². The number of nitrogens with one attached hydrogen (secondary N) is 1. The van der Waals surface area contributed by atoms with E-state index in [1.807, 2.05) is 6.92 Å². The van der Waals surface area contributed by atoms with E-state index in [0.717, 1.165) is 0 Å². The molecule has 0 unspecified atom stereocenters. The molecule has 2 heterocycles. The van der Waals surface area contributed by atoms with E-state index < -0.39 is 24.5 Å². The van der Waals surface area contributed by atoms with Crippen LogP contribution in [-0.2, 0) is 4.74 Å². The predicted molar refractivity (Wildman–Crippen MR) is 78.2 cm³/mol. The standard InChI is InChI=1S/C13H17F6N5O2/c1-2-3-20-9-21-10(24-4-6-25-7-5-24)23-11(22-9)26-8(12(14,15)16)13(17,18)19/h8H,2-7H2,1H3,(H,20,21,22,23). The number of hydrogen-bond acceptors (Lipinski definition) is 7. The summed E-state index contributed by atoms with van der Waals surface area (Å²) < 4.78 is 85.4. The third kappa shape index (κ3) is 5.47. The molecule has 0 bridgehead atoms. The Morgan fingerprint density at radius 3 is 2.23 bits per heavy atom. The lowest BCUT2D eigenvalue weighted by molar-refractivity contribution is -0.301. The molecule has 1 aromatic rings. The van der Waals surface area contributed by atoms with Gasteiger partial charge in [-0.1, -0.05) is 6.92 Å². The first kappa shape index (κ1) is 20.3. The fourth-order valence-electron chi connectivity index (χ4n) is 2.04. The first-order valence-corrected chi connectivity index (χ1v) is 7.74. The van der Waals surface area contributed by atoms with Crippen LogP contribution in [0.3, 0.4) is 0 Å². The molecular formula is C13H17F6N5O2. The van der Waals surface area contributed by atoms with Gasteiger partial charge in [0.15, 0.2) is 0 Å². The Labute approximate surface area is 144 Å². The third-order valence-electron chi connectivity index (χ3n) is 3.25. The predicted octanol–water partition coefficient (Wildman–Crippen LogP) is 2.40. The van der Waals surface area contributed by atoms with Crippen LogP contribution in [-0.4, -0.2) is 66.3 Å². The maximum atomic E-state index is 12.7. The Morgan fingerprint density at radius 1 is 1.08 bits per heavy atom. The summed E-state index contributed by atoms with van der Waals surface area (Å²) in [4.78, 5) is 12.7. The van der Waals surface area contributed by atoms with Crippen LogP contribution in [0.4, 0.5) is 38.2 Å². The van der Waals surface area contributed by atoms with Crippen molar-refractivity contribution in [2.45, 2.75) is 31.8 Å². The van der Waals surface area contributed by atoms with Gasteiger partial charge in [0.2, 0.25) is 11.9 Å². The Bertz CT molecular complexity index is 577. The number of anilines is 2. The van der Waals surface area contributed by atoms with Crippen molar-refractivity contribution >= 4 is 11.9 Å². The molecule has 2 rings (SSSR count). The zero-order chi connectivity index (χ0) is 19.4. The number of ether oxygens (including phenoxy) is 2. The molecule has 0 spiro atoms. The summed E-state index contributed by atoms with van der Waals surface area (Å²) in [6.07, 6.45) is -14.7. The molecule has 13 heteroatoms. The molecule has 0 aromatic carbocycles. The van der Waals surface area contributed by atoms with E-state index >= 15 is 0 Å². The monoisotopic (exact) mass is 389 g/mol. The molecule has 1 aliphatic heterocycles. The molecule has 1 saturated heterocycles. The number of halogens is 6. The normalized spacial score (nSPS) is 16.1. The minimum absolute atomic E-state index is 0.0833. The van der Waals surface area contributed by atoms with Gasteiger partial charge in [0.1, 0.15) is 0 Å². The third-order valence-corrected chi connectivity index (χ3v) is 3.25. The SMILES string of the molecule is CCCNc1nc(OC(C(F)(F)F)C(F)(F)F)nc(N2CCOCC2)n1. The summed E-state index contributed by atoms with van der Waals surface area (Å²) in [5, 5.41) is 2.70. The first-order chi connectivity index (χ1) is 12.1. The highest BCUT2D eigenvalue weighted by Crippen LogP contribution is 2.36. The molecule has 1 N–H and O–H groups in total. The quantitative estimate of drug-likeness (QED) is 0.749. The van der Waals surface area contributed by atoms with Crippen molar-refractivity contribution in [3.63, 3.8) is 0 Å². The van der Waals surface area contributed by atoms with Crippen LogP contribution in [0, 0.1) is 0 Å². The highest BCUT2D eigenvalue weighted by Gasteiger charge is 2.59. The molecule has 1 aromatic heterocycles. The molecule has 0 amide bonds. The number of aromatic nitrogens is 3. The fourth-order valence-corrected chi connectivity index (χ4v) is 2.04. The maximum absolute atomic E-state index is 12.7. The van der Waals surface area contributed by atoms with Gasteiger partial charge < -0.3 is 19.7 Å². The number of hydrogen-bond donors (Lipinski definition) is 1. The highest BCUT2D eigenvalue weighted by atomic mass is 19.4. The van der Waals surface area contributed by atoms with E-state index in [0.29, 0.717) is 39.3 Å². The molecule has 1 fully saturated rings. The second-order valence-electron chi connectivity index (χ2n) is 5.35. The van der Waals surface area contributed by atoms with Crippen LogP contribution in [0.1, 0.15) is 13.3 Å². The van der Waals surface area contributed by atoms with Crippen molar-refractivity contribution in [1.82, 2.24) is 15.0 Å². The van der Waals surface area contributed by atoms with Gasteiger partial charge in [0, 0.05) is 19.6 Å². The lowest BCUT2D eigenvalue weighted by Gasteiger charge is -2.27. The van der Waals surface area contributed by atoms with E-state index in [2.05, 4.69) is 25.0 Å². The Hall–Kier alpha value is -2.05. The zero-order valence-corrected chi connectivity index (χ0v) is 13.7. The second-order valence-corrected chi connectivity index (χ2v) is 5.35. The molecule has 148 valence electrons. The Morgan fingerprint density at radius 2 is 1.69 bits per heavy atom. The number of rotatable bonds is 6. The lowest BCUT2D eigenvalue weighted by Crippen LogP contribution is -2.47. The number of nitrogens with zero attached hydrogens (tertiary/aromatic N) is 4. The summed E-state index contributed by atoms with van der Waals surface area (Å²) in [6, 6.07) is -1.06. The summed E-state index contributed by atoms with van der Waals surface area (Å²) >= 11 is 0. The van der Waals surface area contributed by atoms with E-state index in [4.69, 9.17) is 4.74 Å². The fraction of sp³-hybridized carbons (Fsp3) is 0.769. The van der Waals surface area contributed by atoms with E-state index in [9.17, 15) is 26.3 Å². The summed E-state index contributed by atoms with van der Waals surface area (Å²) in [5.41, 5.74) is 0. The Balaban J connectivity index is 2.32. The second kappa shape index (κ2) is 8.10. The van der Waals surface area contributed by atoms with E-state index in [1.54, 1.807) is 4.90 Å². The van der Waals surface area contributed by atoms with Crippen molar-refractivity contribution < 1.29 is 35.8 Å². The van der Waals surface area contributed by atoms with Crippen molar-refractivity contribution in [2.75, 3.05) is 43.1 Å². The van der Waals surface area contributed by atoms with Gasteiger partial charge in [-0.15, -0.1) is 0 Å². The summed E-state index contributed by atoms with van der Waals surface area (Å²) in [7, 11) is 0. The van der Waals surface area contributed by atoms with Gasteiger partial charge in [-0.05, 0) is 6.42 Å². The largest absolute Gasteiger partial charge is 0.440 e. The average molecular weight is 389 g/mol. The molecule has 7 nitrogen and oxygen atoms in total. The minimum atomic E-state index is -5.67. The van der Waals surface area contributed by atoms with Crippen LogP contribution < -0.4 is 15.0 Å². The van der Waals surface area contributed by atoms with Crippen LogP contribution in [0.25, 0.3) is 0 Å². The van der Waals surface area contributed by atoms with Crippen LogP contribution in [0.5, 0.6) is 6.01 Å². The molecule has 26 heavy (non-hydrogen) atoms. The van der Waals surface area contributed by atoms with E-state index in [-0.39, 0.29) is 11.9 Å². The van der Waals surface area contributed by atoms with Crippen molar-refractivity contribution in [3.8, 4) is 6.01 Å². The first-order valence-electron chi connectivity index (χ1n) is 7.74. The zero-order valence-electron chi connectivity index (χ0n) is 13.7. The molecule has 0 radical (unpaired) electrons. The van der Waals surface area contributed by atoms with E-state index in [1.165, 1.54) is 0 Å². The van der Waals surface area contributed by atoms with Gasteiger partial charge in [0.25, 0.3) is 6.10 Å². The molecular weight excluding hydrogens is 372 g/mol. The van der Waals surface area contributed by atoms with Gasteiger partial charge in [-0.3, -0.25) is 0 Å². The highest BCUT2D eigenvalue weighted by molar-refractivity contribution is 5.38. The maximum Gasteiger partial charge on any atom is 0.434 e. The summed E-state index contributed by atoms with van der Waals surface area (Å²) in [5.74, 6) is -0.249. The molecule has 0 saturated carbocycles. The molecule has 0 aliphatic carbocycles. The number of alkyl halides is 6. The number of morpholine rings is 1. The minimum Gasteiger partial charge on any atom is -0.440 e. The van der Waals surface area contributed by atoms with Gasteiger partial charge in [-0.25, -0.2) is 0 Å². The van der Waals surface area contributed by atoms with Crippen LogP contribution >= 0.6 is 0 Å². The molecule has 0 atom stereocenters. The smallest absolute Gasteiger partial charge is 0.434 e. The average Bonchev–Trinajstić information content (AvgIpc) is 2.56.